The molecule has 1 aromatic carbocycles. The molecule has 98 valence electrons. The van der Waals surface area contributed by atoms with Crippen LogP contribution in [0.15, 0.2) is 18.2 Å². The van der Waals surface area contributed by atoms with Crippen molar-refractivity contribution in [1.29, 1.82) is 5.26 Å². The Hall–Kier alpha value is -2.02. The van der Waals surface area contributed by atoms with Gasteiger partial charge in [0.05, 0.1) is 12.1 Å². The molecule has 1 aromatic rings. The van der Waals surface area contributed by atoms with Gasteiger partial charge < -0.3 is 10.2 Å². The first-order valence-corrected chi connectivity index (χ1v) is 6.82. The van der Waals surface area contributed by atoms with Crippen LogP contribution in [0.4, 0.5) is 4.79 Å². The minimum atomic E-state index is -0.135. The van der Waals surface area contributed by atoms with E-state index < -0.39 is 0 Å². The minimum Gasteiger partial charge on any atom is -0.329 e. The van der Waals surface area contributed by atoms with Gasteiger partial charge in [-0.3, -0.25) is 0 Å². The van der Waals surface area contributed by atoms with Crippen LogP contribution in [0, 0.1) is 11.3 Å². The van der Waals surface area contributed by atoms with E-state index >= 15 is 0 Å². The average molecular weight is 255 g/mol. The Kier molecular flexibility index (Phi) is 3.12. The number of fused-ring (bicyclic) bond motifs is 1. The Balaban J connectivity index is 1.80. The van der Waals surface area contributed by atoms with Crippen LogP contribution in [0.1, 0.15) is 35.6 Å². The Bertz CT molecular complexity index is 547. The third-order valence-electron chi connectivity index (χ3n) is 4.02. The molecule has 3 rings (SSSR count). The van der Waals surface area contributed by atoms with Gasteiger partial charge in [0.2, 0.25) is 0 Å². The molecular weight excluding hydrogens is 238 g/mol. The van der Waals surface area contributed by atoms with E-state index in [2.05, 4.69) is 23.5 Å². The van der Waals surface area contributed by atoms with E-state index in [0.29, 0.717) is 6.54 Å². The third kappa shape index (κ3) is 2.28. The number of hydrogen-bond acceptors (Lipinski definition) is 2. The highest BCUT2D eigenvalue weighted by molar-refractivity contribution is 5.77. The molecule has 4 heteroatoms. The second kappa shape index (κ2) is 4.93. The number of nitrogens with one attached hydrogen (secondary N) is 1. The summed E-state index contributed by atoms with van der Waals surface area (Å²) >= 11 is 0. The van der Waals surface area contributed by atoms with Gasteiger partial charge in [0, 0.05) is 6.54 Å². The quantitative estimate of drug-likeness (QED) is 0.823. The first-order valence-electron chi connectivity index (χ1n) is 6.82. The Morgan fingerprint density at radius 1 is 1.32 bits per heavy atom. The number of amides is 2. The number of nitriles is 1. The minimum absolute atomic E-state index is 0.0214. The summed E-state index contributed by atoms with van der Waals surface area (Å²) in [7, 11) is 0. The van der Waals surface area contributed by atoms with E-state index in [4.69, 9.17) is 5.26 Å². The molecule has 1 saturated heterocycles. The molecule has 1 unspecified atom stereocenters. The van der Waals surface area contributed by atoms with Crippen molar-refractivity contribution in [3.63, 3.8) is 0 Å². The maximum Gasteiger partial charge on any atom is 0.318 e. The molecule has 2 aliphatic rings. The highest BCUT2D eigenvalue weighted by Gasteiger charge is 2.29. The normalized spacial score (nSPS) is 21.7. The molecular formula is C15H17N3O. The van der Waals surface area contributed by atoms with E-state index in [0.717, 1.165) is 12.0 Å². The van der Waals surface area contributed by atoms with Gasteiger partial charge in [-0.25, -0.2) is 4.79 Å². The van der Waals surface area contributed by atoms with Gasteiger partial charge in [0.25, 0.3) is 0 Å². The molecule has 0 spiro atoms. The van der Waals surface area contributed by atoms with E-state index in [-0.39, 0.29) is 18.6 Å². The fraction of sp³-hybridized carbons (Fsp3) is 0.467. The predicted octanol–water partition coefficient (Wildman–Crippen LogP) is 2.16. The van der Waals surface area contributed by atoms with Crippen molar-refractivity contribution >= 4 is 6.03 Å². The van der Waals surface area contributed by atoms with Crippen LogP contribution in [0.3, 0.4) is 0 Å². The van der Waals surface area contributed by atoms with Crippen LogP contribution >= 0.6 is 0 Å². The van der Waals surface area contributed by atoms with Crippen molar-refractivity contribution in [2.45, 2.75) is 31.7 Å². The zero-order chi connectivity index (χ0) is 13.2. The van der Waals surface area contributed by atoms with Gasteiger partial charge >= 0.3 is 6.03 Å². The predicted molar refractivity (Wildman–Crippen MR) is 71.5 cm³/mol. The standard InChI is InChI=1S/C15H17N3O/c16-7-8-18-10-14(17-15(18)19)13-6-5-11-3-1-2-4-12(11)9-13/h5-6,9,14H,1-4,8,10H2,(H,17,19). The fourth-order valence-electron chi connectivity index (χ4n) is 2.97. The lowest BCUT2D eigenvalue weighted by Crippen LogP contribution is -2.28. The lowest BCUT2D eigenvalue weighted by Gasteiger charge is -2.18. The first-order chi connectivity index (χ1) is 9.28. The summed E-state index contributed by atoms with van der Waals surface area (Å²) in [6.07, 6.45) is 4.86. The van der Waals surface area contributed by atoms with Crippen molar-refractivity contribution < 1.29 is 4.79 Å². The van der Waals surface area contributed by atoms with E-state index in [1.165, 1.54) is 30.4 Å². The zero-order valence-corrected chi connectivity index (χ0v) is 10.9. The van der Waals surface area contributed by atoms with Crippen LogP contribution in [-0.2, 0) is 12.8 Å². The summed E-state index contributed by atoms with van der Waals surface area (Å²) in [5.74, 6) is 0. The zero-order valence-electron chi connectivity index (χ0n) is 10.9. The molecule has 0 aromatic heterocycles. The molecule has 0 radical (unpaired) electrons. The number of urea groups is 1. The van der Waals surface area contributed by atoms with Crippen molar-refractivity contribution in [3.8, 4) is 6.07 Å². The van der Waals surface area contributed by atoms with Gasteiger partial charge in [-0.1, -0.05) is 18.2 Å². The molecule has 1 atom stereocenters. The van der Waals surface area contributed by atoms with E-state index in [1.54, 1.807) is 4.90 Å². The van der Waals surface area contributed by atoms with Crippen LogP contribution in [0.25, 0.3) is 0 Å². The number of carbonyl (C=O) groups is 1. The lowest BCUT2D eigenvalue weighted by molar-refractivity contribution is 0.222. The second-order valence-corrected chi connectivity index (χ2v) is 5.28. The largest absolute Gasteiger partial charge is 0.329 e. The molecule has 0 saturated carbocycles. The summed E-state index contributed by atoms with van der Waals surface area (Å²) in [6.45, 7) is 0.748. The fourth-order valence-corrected chi connectivity index (χ4v) is 2.97. The number of hydrogen-bond donors (Lipinski definition) is 1. The second-order valence-electron chi connectivity index (χ2n) is 5.28. The number of aryl methyl sites for hydroxylation is 2. The maximum atomic E-state index is 11.7. The summed E-state index contributed by atoms with van der Waals surface area (Å²) in [4.78, 5) is 13.3. The highest BCUT2D eigenvalue weighted by Crippen LogP contribution is 2.26. The van der Waals surface area contributed by atoms with Crippen molar-refractivity contribution in [2.75, 3.05) is 13.1 Å². The van der Waals surface area contributed by atoms with Crippen LogP contribution in [0.5, 0.6) is 0 Å². The third-order valence-corrected chi connectivity index (χ3v) is 4.02. The Morgan fingerprint density at radius 2 is 2.11 bits per heavy atom. The Labute approximate surface area is 113 Å². The van der Waals surface area contributed by atoms with Gasteiger partial charge in [0.15, 0.2) is 0 Å². The van der Waals surface area contributed by atoms with Crippen molar-refractivity contribution in [1.82, 2.24) is 10.2 Å². The SMILES string of the molecule is N#CCN1CC(c2ccc3c(c2)CCCC3)NC1=O. The first kappa shape index (κ1) is 12.0. The van der Waals surface area contributed by atoms with Crippen molar-refractivity contribution in [3.05, 3.63) is 34.9 Å². The number of benzene rings is 1. The molecule has 1 heterocycles. The summed E-state index contributed by atoms with van der Waals surface area (Å²) in [5.41, 5.74) is 4.04. The van der Waals surface area contributed by atoms with Crippen LogP contribution < -0.4 is 5.32 Å². The molecule has 1 aliphatic carbocycles. The van der Waals surface area contributed by atoms with Gasteiger partial charge in [-0.2, -0.15) is 5.26 Å². The van der Waals surface area contributed by atoms with Crippen molar-refractivity contribution in [2.24, 2.45) is 0 Å². The molecule has 19 heavy (non-hydrogen) atoms. The molecule has 1 fully saturated rings. The molecule has 4 nitrogen and oxygen atoms in total. The summed E-state index contributed by atoms with van der Waals surface area (Å²) in [6, 6.07) is 8.46. The number of carbonyl (C=O) groups excluding carboxylic acids is 1. The van der Waals surface area contributed by atoms with Gasteiger partial charge in [-0.15, -0.1) is 0 Å². The topological polar surface area (TPSA) is 56.1 Å². The van der Waals surface area contributed by atoms with E-state index in [9.17, 15) is 4.79 Å². The highest BCUT2D eigenvalue weighted by atomic mass is 16.2. The molecule has 1 aliphatic heterocycles. The lowest BCUT2D eigenvalue weighted by atomic mass is 9.89. The monoisotopic (exact) mass is 255 g/mol. The number of rotatable bonds is 2. The average Bonchev–Trinajstić information content (AvgIpc) is 2.80. The van der Waals surface area contributed by atoms with Crippen LogP contribution in [-0.4, -0.2) is 24.0 Å². The summed E-state index contributed by atoms with van der Waals surface area (Å²) < 4.78 is 0. The molecule has 0 bridgehead atoms. The van der Waals surface area contributed by atoms with E-state index in [1.807, 2.05) is 6.07 Å². The van der Waals surface area contributed by atoms with Gasteiger partial charge in [-0.05, 0) is 42.4 Å². The smallest absolute Gasteiger partial charge is 0.318 e. The molecule has 1 N–H and O–H groups in total. The Morgan fingerprint density at radius 3 is 2.89 bits per heavy atom. The summed E-state index contributed by atoms with van der Waals surface area (Å²) in [5, 5.41) is 11.6. The van der Waals surface area contributed by atoms with Crippen LogP contribution in [0.2, 0.25) is 0 Å². The molecule has 2 amide bonds. The number of nitrogens with zero attached hydrogens (tertiary/aromatic N) is 2. The maximum absolute atomic E-state index is 11.7. The van der Waals surface area contributed by atoms with Gasteiger partial charge in [0.1, 0.15) is 6.54 Å².